The van der Waals surface area contributed by atoms with Crippen molar-refractivity contribution in [2.45, 2.75) is 18.4 Å². The van der Waals surface area contributed by atoms with Gasteiger partial charge >= 0.3 is 5.69 Å². The maximum absolute atomic E-state index is 12.1. The minimum atomic E-state index is -0.403. The molecule has 0 saturated heterocycles. The Balaban J connectivity index is 2.20. The second-order valence-electron chi connectivity index (χ2n) is 4.19. The second-order valence-corrected chi connectivity index (χ2v) is 5.07. The van der Waals surface area contributed by atoms with Crippen molar-refractivity contribution in [1.82, 2.24) is 9.55 Å². The lowest BCUT2D eigenvalue weighted by Crippen LogP contribution is -2.26. The molecule has 0 radical (unpaired) electrons. The molecule has 5 heteroatoms. The van der Waals surface area contributed by atoms with Gasteiger partial charge in [0, 0.05) is 22.9 Å². The van der Waals surface area contributed by atoms with Crippen LogP contribution in [-0.2, 0) is 6.54 Å². The number of hydrogen-bond donors (Lipinski definition) is 0. The number of carbonyl (C=O) groups is 1. The molecule has 19 heavy (non-hydrogen) atoms. The first kappa shape index (κ1) is 13.5. The van der Waals surface area contributed by atoms with Crippen LogP contribution in [0.15, 0.2) is 46.3 Å². The van der Waals surface area contributed by atoms with Gasteiger partial charge in [0.2, 0.25) is 0 Å². The summed E-state index contributed by atoms with van der Waals surface area (Å²) < 4.78 is 1.33. The number of carbonyl (C=O) groups excluding carboxylic acids is 1. The van der Waals surface area contributed by atoms with E-state index < -0.39 is 5.69 Å². The summed E-state index contributed by atoms with van der Waals surface area (Å²) in [5.41, 5.74) is 1.05. The number of thioether (sulfide) groups is 1. The molecular formula is C14H14N2O2S. The van der Waals surface area contributed by atoms with Crippen LogP contribution in [-0.4, -0.2) is 21.6 Å². The quantitative estimate of drug-likeness (QED) is 0.633. The van der Waals surface area contributed by atoms with Gasteiger partial charge in [-0.05, 0) is 30.9 Å². The first-order chi connectivity index (χ1) is 9.10. The Bertz CT molecular complexity index is 647. The van der Waals surface area contributed by atoms with E-state index in [1.165, 1.54) is 10.8 Å². The molecule has 0 spiro atoms. The number of aryl methyl sites for hydroxylation is 1. The molecule has 0 aliphatic carbocycles. The molecule has 0 N–H and O–H groups in total. The zero-order valence-corrected chi connectivity index (χ0v) is 11.6. The van der Waals surface area contributed by atoms with E-state index in [1.54, 1.807) is 30.1 Å². The Labute approximate surface area is 115 Å². The van der Waals surface area contributed by atoms with Gasteiger partial charge in [-0.15, -0.1) is 11.8 Å². The average molecular weight is 274 g/mol. The van der Waals surface area contributed by atoms with Crippen molar-refractivity contribution in [3.63, 3.8) is 0 Å². The molecule has 98 valence electrons. The Morgan fingerprint density at radius 1 is 1.32 bits per heavy atom. The molecule has 0 unspecified atom stereocenters. The van der Waals surface area contributed by atoms with E-state index in [2.05, 4.69) is 4.98 Å². The Morgan fingerprint density at radius 2 is 2.00 bits per heavy atom. The van der Waals surface area contributed by atoms with Crippen LogP contribution in [0.2, 0.25) is 0 Å². The van der Waals surface area contributed by atoms with E-state index in [1.807, 2.05) is 25.3 Å². The second kappa shape index (κ2) is 5.84. The van der Waals surface area contributed by atoms with Crippen LogP contribution in [0.3, 0.4) is 0 Å². The molecule has 0 bridgehead atoms. The first-order valence-corrected chi connectivity index (χ1v) is 7.03. The maximum atomic E-state index is 12.1. The number of nitrogens with zero attached hydrogens (tertiary/aromatic N) is 2. The molecule has 0 aliphatic heterocycles. The summed E-state index contributed by atoms with van der Waals surface area (Å²) in [5, 5.41) is 0. The lowest BCUT2D eigenvalue weighted by Gasteiger charge is -2.05. The number of Topliss-reactive ketones (excluding diaryl/α,β-unsaturated/α-hetero) is 1. The van der Waals surface area contributed by atoms with Gasteiger partial charge in [0.25, 0.3) is 0 Å². The van der Waals surface area contributed by atoms with E-state index in [4.69, 9.17) is 0 Å². The molecule has 1 aromatic carbocycles. The number of aromatic nitrogens is 2. The molecule has 4 nitrogen and oxygen atoms in total. The van der Waals surface area contributed by atoms with E-state index in [0.29, 0.717) is 5.56 Å². The van der Waals surface area contributed by atoms with E-state index in [9.17, 15) is 9.59 Å². The van der Waals surface area contributed by atoms with Crippen molar-refractivity contribution >= 4 is 17.5 Å². The van der Waals surface area contributed by atoms with Crippen LogP contribution in [0.25, 0.3) is 0 Å². The van der Waals surface area contributed by atoms with Gasteiger partial charge in [0.1, 0.15) is 0 Å². The summed E-state index contributed by atoms with van der Waals surface area (Å²) in [4.78, 5) is 28.4. The number of benzene rings is 1. The van der Waals surface area contributed by atoms with Crippen molar-refractivity contribution in [3.05, 3.63) is 58.3 Å². The number of rotatable bonds is 4. The fourth-order valence-corrected chi connectivity index (χ4v) is 2.11. The van der Waals surface area contributed by atoms with Gasteiger partial charge in [-0.25, -0.2) is 9.78 Å². The van der Waals surface area contributed by atoms with Crippen molar-refractivity contribution in [3.8, 4) is 0 Å². The number of ketones is 1. The summed E-state index contributed by atoms with van der Waals surface area (Å²) >= 11 is 1.62. The van der Waals surface area contributed by atoms with Crippen LogP contribution in [0, 0.1) is 6.92 Å². The van der Waals surface area contributed by atoms with Gasteiger partial charge in [0.05, 0.1) is 6.54 Å². The fraction of sp³-hybridized carbons (Fsp3) is 0.214. The highest BCUT2D eigenvalue weighted by Gasteiger charge is 2.08. The smallest absolute Gasteiger partial charge is 0.292 e. The standard InChI is InChI=1S/C14H14N2O2S/c1-10-7-15-14(18)16(8-10)9-13(17)11-3-5-12(19-2)6-4-11/h3-8H,9H2,1-2H3. The van der Waals surface area contributed by atoms with Crippen molar-refractivity contribution in [2.75, 3.05) is 6.26 Å². The van der Waals surface area contributed by atoms with Gasteiger partial charge in [-0.2, -0.15) is 0 Å². The molecule has 0 fully saturated rings. The van der Waals surface area contributed by atoms with Crippen LogP contribution in [0.4, 0.5) is 0 Å². The zero-order valence-electron chi connectivity index (χ0n) is 10.8. The van der Waals surface area contributed by atoms with Crippen LogP contribution >= 0.6 is 11.8 Å². The number of hydrogen-bond acceptors (Lipinski definition) is 4. The molecule has 0 aliphatic rings. The highest BCUT2D eigenvalue weighted by molar-refractivity contribution is 7.98. The minimum absolute atomic E-state index is 0.0200. The zero-order chi connectivity index (χ0) is 13.8. The fourth-order valence-electron chi connectivity index (χ4n) is 1.70. The summed E-state index contributed by atoms with van der Waals surface area (Å²) in [5.74, 6) is -0.0952. The van der Waals surface area contributed by atoms with E-state index in [-0.39, 0.29) is 12.3 Å². The Hall–Kier alpha value is -1.88. The topological polar surface area (TPSA) is 52.0 Å². The lowest BCUT2D eigenvalue weighted by atomic mass is 10.1. The molecule has 0 atom stereocenters. The molecule has 1 aromatic heterocycles. The summed E-state index contributed by atoms with van der Waals surface area (Å²) in [6, 6.07) is 7.36. The monoisotopic (exact) mass is 274 g/mol. The third kappa shape index (κ3) is 3.32. The average Bonchev–Trinajstić information content (AvgIpc) is 2.43. The van der Waals surface area contributed by atoms with Crippen molar-refractivity contribution < 1.29 is 4.79 Å². The minimum Gasteiger partial charge on any atom is -0.292 e. The van der Waals surface area contributed by atoms with E-state index >= 15 is 0 Å². The van der Waals surface area contributed by atoms with Gasteiger partial charge in [0.15, 0.2) is 5.78 Å². The maximum Gasteiger partial charge on any atom is 0.347 e. The van der Waals surface area contributed by atoms with Gasteiger partial charge in [-0.1, -0.05) is 12.1 Å². The van der Waals surface area contributed by atoms with Crippen LogP contribution in [0.5, 0.6) is 0 Å². The molecule has 2 aromatic rings. The van der Waals surface area contributed by atoms with Gasteiger partial charge < -0.3 is 0 Å². The van der Waals surface area contributed by atoms with Crippen LogP contribution < -0.4 is 5.69 Å². The van der Waals surface area contributed by atoms with E-state index in [0.717, 1.165) is 10.5 Å². The largest absolute Gasteiger partial charge is 0.347 e. The highest BCUT2D eigenvalue weighted by Crippen LogP contribution is 2.15. The van der Waals surface area contributed by atoms with Crippen molar-refractivity contribution in [2.24, 2.45) is 0 Å². The summed E-state index contributed by atoms with van der Waals surface area (Å²) in [6.45, 7) is 1.85. The predicted octanol–water partition coefficient (Wildman–Crippen LogP) is 2.16. The summed E-state index contributed by atoms with van der Waals surface area (Å²) in [6.07, 6.45) is 5.12. The Morgan fingerprint density at radius 3 is 2.63 bits per heavy atom. The molecule has 1 heterocycles. The highest BCUT2D eigenvalue weighted by atomic mass is 32.2. The van der Waals surface area contributed by atoms with Crippen molar-refractivity contribution in [1.29, 1.82) is 0 Å². The summed E-state index contributed by atoms with van der Waals surface area (Å²) in [7, 11) is 0. The predicted molar refractivity (Wildman–Crippen MR) is 75.8 cm³/mol. The molecule has 2 rings (SSSR count). The molecule has 0 saturated carbocycles. The Kier molecular flexibility index (Phi) is 4.16. The molecule has 0 amide bonds. The van der Waals surface area contributed by atoms with Crippen LogP contribution in [0.1, 0.15) is 15.9 Å². The third-order valence-electron chi connectivity index (χ3n) is 2.71. The van der Waals surface area contributed by atoms with Gasteiger partial charge in [-0.3, -0.25) is 9.36 Å². The lowest BCUT2D eigenvalue weighted by molar-refractivity contribution is 0.0970. The third-order valence-corrected chi connectivity index (χ3v) is 3.45. The molecular weight excluding hydrogens is 260 g/mol. The normalized spacial score (nSPS) is 10.4. The first-order valence-electron chi connectivity index (χ1n) is 5.80. The SMILES string of the molecule is CSc1ccc(C(=O)Cn2cc(C)cnc2=O)cc1.